The van der Waals surface area contributed by atoms with Crippen molar-refractivity contribution in [2.24, 2.45) is 0 Å². The molecule has 0 amide bonds. The smallest absolute Gasteiger partial charge is 0.0143 e. The lowest BCUT2D eigenvalue weighted by molar-refractivity contribution is 0.442. The first kappa shape index (κ1) is 7.54. The van der Waals surface area contributed by atoms with Gasteiger partial charge < -0.3 is 4.90 Å². The fourth-order valence-corrected chi connectivity index (χ4v) is 0.470. The molecule has 0 rings (SSSR count). The van der Waals surface area contributed by atoms with Gasteiger partial charge in [0.05, 0.1) is 0 Å². The van der Waals surface area contributed by atoms with Crippen LogP contribution in [0.25, 0.3) is 0 Å². The van der Waals surface area contributed by atoms with Crippen LogP contribution in [0.5, 0.6) is 0 Å². The average molecular weight is 113 g/mol. The number of nitrogens with zero attached hydrogens (tertiary/aromatic N) is 1. The molecule has 8 heavy (non-hydrogen) atoms. The van der Waals surface area contributed by atoms with Crippen molar-refractivity contribution in [1.29, 1.82) is 0 Å². The zero-order chi connectivity index (χ0) is 6.57. The predicted octanol–water partition coefficient (Wildman–Crippen LogP) is 1.86. The monoisotopic (exact) mass is 113 g/mol. The van der Waals surface area contributed by atoms with E-state index in [-0.39, 0.29) is 0 Å². The Morgan fingerprint density at radius 1 is 1.62 bits per heavy atom. The van der Waals surface area contributed by atoms with Crippen LogP contribution >= 0.6 is 0 Å². The van der Waals surface area contributed by atoms with Crippen LogP contribution in [0, 0.1) is 0 Å². The molecule has 0 aromatic carbocycles. The van der Waals surface area contributed by atoms with E-state index in [0.717, 1.165) is 6.54 Å². The minimum Gasteiger partial charge on any atom is -0.379 e. The molecule has 0 aliphatic heterocycles. The maximum absolute atomic E-state index is 2.21. The van der Waals surface area contributed by atoms with Crippen molar-refractivity contribution in [3.05, 3.63) is 11.8 Å². The number of allylic oxidation sites excluding steroid dienone is 2. The van der Waals surface area contributed by atoms with Crippen LogP contribution in [0.2, 0.25) is 0 Å². The third kappa shape index (κ3) is 2.01. The van der Waals surface area contributed by atoms with E-state index in [2.05, 4.69) is 38.8 Å². The van der Waals surface area contributed by atoms with Gasteiger partial charge in [-0.25, -0.2) is 0 Å². The highest BCUT2D eigenvalue weighted by molar-refractivity contribution is 4.92. The Bertz CT molecular complexity index is 84.4. The van der Waals surface area contributed by atoms with Gasteiger partial charge in [0.25, 0.3) is 0 Å². The van der Waals surface area contributed by atoms with Crippen LogP contribution in [0.4, 0.5) is 0 Å². The summed E-state index contributed by atoms with van der Waals surface area (Å²) < 4.78 is 0. The molecule has 0 bridgehead atoms. The van der Waals surface area contributed by atoms with Gasteiger partial charge in [0.1, 0.15) is 0 Å². The minimum atomic E-state index is 1.09. The van der Waals surface area contributed by atoms with Crippen LogP contribution in [-0.2, 0) is 0 Å². The van der Waals surface area contributed by atoms with Crippen molar-refractivity contribution in [2.45, 2.75) is 20.8 Å². The molecule has 0 saturated heterocycles. The second-order valence-electron chi connectivity index (χ2n) is 1.94. The first-order valence-corrected chi connectivity index (χ1v) is 3.06. The van der Waals surface area contributed by atoms with Gasteiger partial charge in [-0.05, 0) is 20.8 Å². The molecular weight excluding hydrogens is 98.1 g/mol. The van der Waals surface area contributed by atoms with Gasteiger partial charge in [-0.1, -0.05) is 6.08 Å². The van der Waals surface area contributed by atoms with Gasteiger partial charge in [-0.15, -0.1) is 0 Å². The van der Waals surface area contributed by atoms with E-state index in [1.807, 2.05) is 0 Å². The lowest BCUT2D eigenvalue weighted by Crippen LogP contribution is -2.14. The average Bonchev–Trinajstić information content (AvgIpc) is 1.84. The standard InChI is InChI=1S/C7H15N/c1-5-7(3)8(4)6-2/h5H,6H2,1-4H3. The zero-order valence-electron chi connectivity index (χ0n) is 6.23. The fourth-order valence-electron chi connectivity index (χ4n) is 0.470. The van der Waals surface area contributed by atoms with Crippen molar-refractivity contribution < 1.29 is 0 Å². The second-order valence-corrected chi connectivity index (χ2v) is 1.94. The maximum Gasteiger partial charge on any atom is 0.0143 e. The summed E-state index contributed by atoms with van der Waals surface area (Å²) in [4.78, 5) is 2.21. The summed E-state index contributed by atoms with van der Waals surface area (Å²) in [5.41, 5.74) is 1.34. The van der Waals surface area contributed by atoms with Gasteiger partial charge in [0, 0.05) is 19.3 Å². The molecule has 0 spiro atoms. The summed E-state index contributed by atoms with van der Waals surface area (Å²) >= 11 is 0. The summed E-state index contributed by atoms with van der Waals surface area (Å²) in [6, 6.07) is 0. The summed E-state index contributed by atoms with van der Waals surface area (Å²) in [6.45, 7) is 7.41. The van der Waals surface area contributed by atoms with Crippen LogP contribution in [0.3, 0.4) is 0 Å². The van der Waals surface area contributed by atoms with Crippen LogP contribution in [0.15, 0.2) is 11.8 Å². The van der Waals surface area contributed by atoms with E-state index < -0.39 is 0 Å². The Morgan fingerprint density at radius 3 is 2.25 bits per heavy atom. The normalized spacial score (nSPS) is 11.8. The molecule has 0 fully saturated rings. The fraction of sp³-hybridized carbons (Fsp3) is 0.714. The molecule has 48 valence electrons. The van der Waals surface area contributed by atoms with Crippen molar-refractivity contribution in [1.82, 2.24) is 4.90 Å². The molecule has 0 unspecified atom stereocenters. The van der Waals surface area contributed by atoms with E-state index in [1.165, 1.54) is 5.70 Å². The van der Waals surface area contributed by atoms with Gasteiger partial charge in [0.2, 0.25) is 0 Å². The minimum absolute atomic E-state index is 1.09. The Hall–Kier alpha value is -0.460. The SMILES string of the molecule is CC=C(C)N(C)CC. The predicted molar refractivity (Wildman–Crippen MR) is 37.7 cm³/mol. The van der Waals surface area contributed by atoms with E-state index in [1.54, 1.807) is 0 Å². The zero-order valence-corrected chi connectivity index (χ0v) is 6.23. The van der Waals surface area contributed by atoms with Crippen molar-refractivity contribution >= 4 is 0 Å². The topological polar surface area (TPSA) is 3.24 Å². The van der Waals surface area contributed by atoms with Crippen molar-refractivity contribution in [2.75, 3.05) is 13.6 Å². The van der Waals surface area contributed by atoms with E-state index in [0.29, 0.717) is 0 Å². The number of rotatable bonds is 2. The molecule has 0 saturated carbocycles. The quantitative estimate of drug-likeness (QED) is 0.528. The first-order chi connectivity index (χ1) is 3.72. The molecule has 0 aliphatic rings. The molecule has 0 heterocycles. The lowest BCUT2D eigenvalue weighted by atomic mass is 10.4. The molecule has 0 radical (unpaired) electrons. The van der Waals surface area contributed by atoms with Crippen LogP contribution in [-0.4, -0.2) is 18.5 Å². The highest BCUT2D eigenvalue weighted by Gasteiger charge is 1.89. The Labute approximate surface area is 52.0 Å². The Morgan fingerprint density at radius 2 is 2.12 bits per heavy atom. The van der Waals surface area contributed by atoms with Gasteiger partial charge in [-0.3, -0.25) is 0 Å². The highest BCUT2D eigenvalue weighted by Crippen LogP contribution is 1.96. The molecule has 0 N–H and O–H groups in total. The van der Waals surface area contributed by atoms with E-state index >= 15 is 0 Å². The van der Waals surface area contributed by atoms with Gasteiger partial charge >= 0.3 is 0 Å². The summed E-state index contributed by atoms with van der Waals surface area (Å²) in [5, 5.41) is 0. The van der Waals surface area contributed by atoms with Crippen molar-refractivity contribution in [3.63, 3.8) is 0 Å². The molecule has 1 nitrogen and oxygen atoms in total. The Balaban J connectivity index is 3.63. The third-order valence-electron chi connectivity index (χ3n) is 1.49. The van der Waals surface area contributed by atoms with E-state index in [9.17, 15) is 0 Å². The molecule has 0 aliphatic carbocycles. The summed E-state index contributed by atoms with van der Waals surface area (Å²) in [7, 11) is 2.09. The summed E-state index contributed by atoms with van der Waals surface area (Å²) in [5.74, 6) is 0. The van der Waals surface area contributed by atoms with Crippen LogP contribution in [0.1, 0.15) is 20.8 Å². The van der Waals surface area contributed by atoms with Gasteiger partial charge in [-0.2, -0.15) is 0 Å². The Kier molecular flexibility index (Phi) is 3.33. The molecule has 0 aromatic heterocycles. The third-order valence-corrected chi connectivity index (χ3v) is 1.49. The molecule has 1 heteroatoms. The molecule has 0 atom stereocenters. The molecule has 0 aromatic rings. The first-order valence-electron chi connectivity index (χ1n) is 3.06. The maximum atomic E-state index is 2.21. The summed E-state index contributed by atoms with van der Waals surface area (Å²) in [6.07, 6.45) is 2.11. The lowest BCUT2D eigenvalue weighted by Gasteiger charge is -2.15. The van der Waals surface area contributed by atoms with E-state index in [4.69, 9.17) is 0 Å². The van der Waals surface area contributed by atoms with Crippen molar-refractivity contribution in [3.8, 4) is 0 Å². The molecular formula is C7H15N. The number of hydrogen-bond acceptors (Lipinski definition) is 1. The highest BCUT2D eigenvalue weighted by atomic mass is 15.1. The van der Waals surface area contributed by atoms with Crippen LogP contribution < -0.4 is 0 Å². The number of hydrogen-bond donors (Lipinski definition) is 0. The largest absolute Gasteiger partial charge is 0.379 e. The second kappa shape index (κ2) is 3.53. The van der Waals surface area contributed by atoms with Gasteiger partial charge in [0.15, 0.2) is 0 Å².